The van der Waals surface area contributed by atoms with E-state index >= 15 is 0 Å². The van der Waals surface area contributed by atoms with Crippen LogP contribution in [0.3, 0.4) is 0 Å². The third-order valence-electron chi connectivity index (χ3n) is 2.77. The molecule has 2 rings (SSSR count). The van der Waals surface area contributed by atoms with Crippen molar-refractivity contribution in [3.63, 3.8) is 0 Å². The molecule has 18 heavy (non-hydrogen) atoms. The van der Waals surface area contributed by atoms with Crippen LogP contribution in [0.1, 0.15) is 24.8 Å². The van der Waals surface area contributed by atoms with E-state index in [9.17, 15) is 9.18 Å². The number of rotatable bonds is 2. The first-order chi connectivity index (χ1) is 8.52. The van der Waals surface area contributed by atoms with Gasteiger partial charge in [-0.15, -0.1) is 0 Å². The summed E-state index contributed by atoms with van der Waals surface area (Å²) in [6.07, 6.45) is 0.648. The Morgan fingerprint density at radius 1 is 1.50 bits per heavy atom. The van der Waals surface area contributed by atoms with Gasteiger partial charge in [0.05, 0.1) is 24.2 Å². The Morgan fingerprint density at radius 3 is 2.83 bits per heavy atom. The summed E-state index contributed by atoms with van der Waals surface area (Å²) in [4.78, 5) is 11.0. The van der Waals surface area contributed by atoms with Crippen molar-refractivity contribution in [2.24, 2.45) is 0 Å². The zero-order valence-corrected chi connectivity index (χ0v) is 10.5. The second kappa shape index (κ2) is 5.02. The van der Waals surface area contributed by atoms with Crippen molar-refractivity contribution in [1.82, 2.24) is 0 Å². The summed E-state index contributed by atoms with van der Waals surface area (Å²) >= 11 is 5.75. The molecule has 0 saturated heterocycles. The fourth-order valence-corrected chi connectivity index (χ4v) is 1.99. The standard InChI is InChI=1S/C12H12ClFO4/c1-6(12(15)16)9-10(14)7(13)5-8-11(9)18-4-2-3-17-8/h5-6H,2-4H2,1H3,(H,15,16). The molecule has 0 aliphatic carbocycles. The lowest BCUT2D eigenvalue weighted by Gasteiger charge is -2.17. The fraction of sp³-hybridized carbons (Fsp3) is 0.417. The van der Waals surface area contributed by atoms with Crippen molar-refractivity contribution in [2.75, 3.05) is 13.2 Å². The second-order valence-electron chi connectivity index (χ2n) is 4.02. The molecule has 98 valence electrons. The molecule has 0 fully saturated rings. The third-order valence-corrected chi connectivity index (χ3v) is 3.04. The number of benzene rings is 1. The van der Waals surface area contributed by atoms with Crippen LogP contribution >= 0.6 is 11.6 Å². The maximum absolute atomic E-state index is 14.0. The highest BCUT2D eigenvalue weighted by molar-refractivity contribution is 6.31. The molecule has 0 amide bonds. The van der Waals surface area contributed by atoms with E-state index in [2.05, 4.69) is 0 Å². The number of hydrogen-bond acceptors (Lipinski definition) is 3. The molecule has 1 aliphatic rings. The van der Waals surface area contributed by atoms with Gasteiger partial charge in [-0.1, -0.05) is 11.6 Å². The van der Waals surface area contributed by atoms with Gasteiger partial charge in [-0.25, -0.2) is 4.39 Å². The lowest BCUT2D eigenvalue weighted by molar-refractivity contribution is -0.138. The van der Waals surface area contributed by atoms with Crippen LogP contribution in [0.4, 0.5) is 4.39 Å². The van der Waals surface area contributed by atoms with Crippen molar-refractivity contribution in [1.29, 1.82) is 0 Å². The zero-order valence-electron chi connectivity index (χ0n) is 9.70. The van der Waals surface area contributed by atoms with Gasteiger partial charge in [-0.2, -0.15) is 0 Å². The van der Waals surface area contributed by atoms with Gasteiger partial charge in [0, 0.05) is 18.1 Å². The Kier molecular flexibility index (Phi) is 3.61. The summed E-state index contributed by atoms with van der Waals surface area (Å²) in [6, 6.07) is 1.32. The third kappa shape index (κ3) is 2.22. The van der Waals surface area contributed by atoms with Gasteiger partial charge < -0.3 is 14.6 Å². The molecular weight excluding hydrogens is 263 g/mol. The number of carboxylic acids is 1. The van der Waals surface area contributed by atoms with E-state index in [1.165, 1.54) is 13.0 Å². The Labute approximate surface area is 108 Å². The first-order valence-electron chi connectivity index (χ1n) is 5.52. The van der Waals surface area contributed by atoms with Gasteiger partial charge in [0.2, 0.25) is 0 Å². The van der Waals surface area contributed by atoms with Gasteiger partial charge in [0.15, 0.2) is 11.5 Å². The zero-order chi connectivity index (χ0) is 13.3. The number of halogens is 2. The largest absolute Gasteiger partial charge is 0.489 e. The molecule has 0 bridgehead atoms. The summed E-state index contributed by atoms with van der Waals surface area (Å²) in [5.74, 6) is -2.53. The molecule has 1 atom stereocenters. The average Bonchev–Trinajstić information content (AvgIpc) is 2.55. The number of fused-ring (bicyclic) bond motifs is 1. The van der Waals surface area contributed by atoms with E-state index in [1.807, 2.05) is 0 Å². The monoisotopic (exact) mass is 274 g/mol. The Balaban J connectivity index is 2.61. The summed E-state index contributed by atoms with van der Waals surface area (Å²) < 4.78 is 24.8. The van der Waals surface area contributed by atoms with Crippen LogP contribution < -0.4 is 9.47 Å². The Bertz CT molecular complexity index is 489. The minimum absolute atomic E-state index is 0.0631. The SMILES string of the molecule is CC(C(=O)O)c1c(F)c(Cl)cc2c1OCCCO2. The van der Waals surface area contributed by atoms with E-state index in [-0.39, 0.29) is 16.3 Å². The molecule has 0 aromatic heterocycles. The van der Waals surface area contributed by atoms with E-state index in [4.69, 9.17) is 26.2 Å². The first kappa shape index (κ1) is 13.0. The minimum Gasteiger partial charge on any atom is -0.489 e. The molecule has 1 N–H and O–H groups in total. The van der Waals surface area contributed by atoms with Gasteiger partial charge >= 0.3 is 5.97 Å². The molecule has 1 aromatic rings. The van der Waals surface area contributed by atoms with Crippen LogP contribution in [0, 0.1) is 5.82 Å². The van der Waals surface area contributed by atoms with Crippen LogP contribution in [0.15, 0.2) is 6.07 Å². The Hall–Kier alpha value is -1.49. The van der Waals surface area contributed by atoms with Crippen molar-refractivity contribution in [3.05, 3.63) is 22.5 Å². The Morgan fingerprint density at radius 2 is 2.17 bits per heavy atom. The maximum atomic E-state index is 14.0. The van der Waals surface area contributed by atoms with Crippen LogP contribution in [0.25, 0.3) is 0 Å². The summed E-state index contributed by atoms with van der Waals surface area (Å²) in [5.41, 5.74) is -0.0631. The van der Waals surface area contributed by atoms with Crippen molar-refractivity contribution in [3.8, 4) is 11.5 Å². The first-order valence-corrected chi connectivity index (χ1v) is 5.90. The van der Waals surface area contributed by atoms with E-state index in [0.29, 0.717) is 25.4 Å². The lowest BCUT2D eigenvalue weighted by atomic mass is 9.99. The average molecular weight is 275 g/mol. The van der Waals surface area contributed by atoms with Crippen molar-refractivity contribution >= 4 is 17.6 Å². The van der Waals surface area contributed by atoms with Gasteiger partial charge in [0.25, 0.3) is 0 Å². The molecule has 1 aliphatic heterocycles. The molecule has 1 aromatic carbocycles. The fourth-order valence-electron chi connectivity index (χ4n) is 1.79. The highest BCUT2D eigenvalue weighted by atomic mass is 35.5. The van der Waals surface area contributed by atoms with Crippen LogP contribution in [0.5, 0.6) is 11.5 Å². The molecule has 4 nitrogen and oxygen atoms in total. The normalized spacial score (nSPS) is 15.9. The van der Waals surface area contributed by atoms with E-state index in [0.717, 1.165) is 0 Å². The molecule has 0 spiro atoms. The highest BCUT2D eigenvalue weighted by Gasteiger charge is 2.29. The quantitative estimate of drug-likeness (QED) is 0.901. The predicted molar refractivity (Wildman–Crippen MR) is 63.1 cm³/mol. The molecule has 6 heteroatoms. The van der Waals surface area contributed by atoms with E-state index < -0.39 is 17.7 Å². The number of carboxylic acid groups (broad SMARTS) is 1. The van der Waals surface area contributed by atoms with E-state index in [1.54, 1.807) is 0 Å². The maximum Gasteiger partial charge on any atom is 0.310 e. The van der Waals surface area contributed by atoms with Crippen LogP contribution in [-0.4, -0.2) is 24.3 Å². The van der Waals surface area contributed by atoms with Crippen molar-refractivity contribution in [2.45, 2.75) is 19.3 Å². The molecule has 1 unspecified atom stereocenters. The number of hydrogen-bond donors (Lipinski definition) is 1. The number of ether oxygens (including phenoxy) is 2. The minimum atomic E-state index is -1.15. The number of carbonyl (C=O) groups is 1. The molecule has 1 heterocycles. The summed E-state index contributed by atoms with van der Waals surface area (Å²) in [5, 5.41) is 8.85. The molecular formula is C12H12ClFO4. The van der Waals surface area contributed by atoms with Gasteiger partial charge in [0.1, 0.15) is 5.82 Å². The van der Waals surface area contributed by atoms with Gasteiger partial charge in [-0.05, 0) is 6.92 Å². The summed E-state index contributed by atoms with van der Waals surface area (Å²) in [6.45, 7) is 2.16. The predicted octanol–water partition coefficient (Wildman–Crippen LogP) is 2.83. The molecule has 0 saturated carbocycles. The summed E-state index contributed by atoms with van der Waals surface area (Å²) in [7, 11) is 0. The van der Waals surface area contributed by atoms with Gasteiger partial charge in [-0.3, -0.25) is 4.79 Å². The second-order valence-corrected chi connectivity index (χ2v) is 4.43. The smallest absolute Gasteiger partial charge is 0.310 e. The molecule has 0 radical (unpaired) electrons. The number of aliphatic carboxylic acids is 1. The van der Waals surface area contributed by atoms with Crippen LogP contribution in [-0.2, 0) is 4.79 Å². The topological polar surface area (TPSA) is 55.8 Å². The lowest BCUT2D eigenvalue weighted by Crippen LogP contribution is -2.12. The van der Waals surface area contributed by atoms with Crippen molar-refractivity contribution < 1.29 is 23.8 Å². The highest BCUT2D eigenvalue weighted by Crippen LogP contribution is 2.42. The van der Waals surface area contributed by atoms with Crippen LogP contribution in [0.2, 0.25) is 5.02 Å².